The third kappa shape index (κ3) is 4.06. The summed E-state index contributed by atoms with van der Waals surface area (Å²) < 4.78 is 2.13. The Bertz CT molecular complexity index is 521. The van der Waals surface area contributed by atoms with Crippen LogP contribution in [0.1, 0.15) is 53.2 Å². The highest BCUT2D eigenvalue weighted by Gasteiger charge is 2.27. The number of nitrogens with zero attached hydrogens (tertiary/aromatic N) is 2. The van der Waals surface area contributed by atoms with Crippen molar-refractivity contribution in [3.8, 4) is 0 Å². The molecule has 1 unspecified atom stereocenters. The molecule has 112 valence electrons. The lowest BCUT2D eigenvalue weighted by Crippen LogP contribution is -2.43. The summed E-state index contributed by atoms with van der Waals surface area (Å²) in [4.78, 5) is 5.84. The Balaban J connectivity index is 2.09. The van der Waals surface area contributed by atoms with E-state index in [1.807, 2.05) is 0 Å². The minimum Gasteiger partial charge on any atom is -0.312 e. The fraction of sp³-hybridized carbons (Fsp3) is 0.688. The Morgan fingerprint density at radius 1 is 1.30 bits per heavy atom. The van der Waals surface area contributed by atoms with Crippen molar-refractivity contribution >= 4 is 16.3 Å². The van der Waals surface area contributed by atoms with E-state index in [-0.39, 0.29) is 11.0 Å². The van der Waals surface area contributed by atoms with Crippen LogP contribution in [0.4, 0.5) is 0 Å². The van der Waals surface area contributed by atoms with Gasteiger partial charge in [-0.15, -0.1) is 11.3 Å². The number of hydrogen-bond donors (Lipinski definition) is 1. The van der Waals surface area contributed by atoms with Crippen LogP contribution >= 0.6 is 11.3 Å². The minimum absolute atomic E-state index is 0.170. The van der Waals surface area contributed by atoms with E-state index in [9.17, 15) is 0 Å². The fourth-order valence-corrected chi connectivity index (χ4v) is 3.34. The molecular weight excluding hydrogens is 266 g/mol. The summed E-state index contributed by atoms with van der Waals surface area (Å²) in [5.74, 6) is 0. The molecule has 0 spiro atoms. The average molecular weight is 293 g/mol. The van der Waals surface area contributed by atoms with Crippen LogP contribution in [0.25, 0.3) is 4.96 Å². The highest BCUT2D eigenvalue weighted by molar-refractivity contribution is 7.15. The van der Waals surface area contributed by atoms with Crippen LogP contribution in [-0.2, 0) is 6.42 Å². The van der Waals surface area contributed by atoms with E-state index in [0.29, 0.717) is 0 Å². The van der Waals surface area contributed by atoms with Gasteiger partial charge in [0.25, 0.3) is 0 Å². The van der Waals surface area contributed by atoms with Gasteiger partial charge in [-0.2, -0.15) is 0 Å². The molecule has 0 aromatic carbocycles. The Kier molecular flexibility index (Phi) is 4.55. The Labute approximate surface area is 126 Å². The zero-order valence-corrected chi connectivity index (χ0v) is 14.2. The van der Waals surface area contributed by atoms with Gasteiger partial charge in [0.05, 0.1) is 5.69 Å². The summed E-state index contributed by atoms with van der Waals surface area (Å²) in [7, 11) is 0. The predicted octanol–water partition coefficient (Wildman–Crippen LogP) is 4.13. The lowest BCUT2D eigenvalue weighted by molar-refractivity contribution is 0.242. The van der Waals surface area contributed by atoms with Crippen LogP contribution in [0.2, 0.25) is 0 Å². The Morgan fingerprint density at radius 3 is 2.65 bits per heavy atom. The maximum Gasteiger partial charge on any atom is 0.193 e. The first-order chi connectivity index (χ1) is 9.31. The number of nitrogens with one attached hydrogen (secondary N) is 1. The highest BCUT2D eigenvalue weighted by Crippen LogP contribution is 2.28. The maximum absolute atomic E-state index is 4.74. The number of thiazole rings is 1. The first kappa shape index (κ1) is 15.5. The van der Waals surface area contributed by atoms with Crippen molar-refractivity contribution < 1.29 is 0 Å². The van der Waals surface area contributed by atoms with Crippen LogP contribution in [0.3, 0.4) is 0 Å². The predicted molar refractivity (Wildman–Crippen MR) is 87.5 cm³/mol. The molecule has 1 N–H and O–H groups in total. The van der Waals surface area contributed by atoms with Crippen molar-refractivity contribution in [1.29, 1.82) is 0 Å². The van der Waals surface area contributed by atoms with Crippen LogP contribution in [-0.4, -0.2) is 21.5 Å². The normalized spacial score (nSPS) is 15.7. The van der Waals surface area contributed by atoms with Crippen LogP contribution in [0.15, 0.2) is 17.8 Å². The summed E-state index contributed by atoms with van der Waals surface area (Å²) in [5.41, 5.74) is 1.65. The zero-order valence-electron chi connectivity index (χ0n) is 13.4. The Hall–Kier alpha value is -0.870. The lowest BCUT2D eigenvalue weighted by atomic mass is 9.80. The second kappa shape index (κ2) is 5.86. The van der Waals surface area contributed by atoms with Gasteiger partial charge in [-0.05, 0) is 39.0 Å². The summed E-state index contributed by atoms with van der Waals surface area (Å²) in [6.45, 7) is 12.4. The molecule has 0 amide bonds. The van der Waals surface area contributed by atoms with E-state index < -0.39 is 0 Å². The highest BCUT2D eigenvalue weighted by atomic mass is 32.1. The van der Waals surface area contributed by atoms with Crippen molar-refractivity contribution in [2.45, 2.75) is 59.4 Å². The van der Waals surface area contributed by atoms with E-state index in [0.717, 1.165) is 17.9 Å². The van der Waals surface area contributed by atoms with Crippen molar-refractivity contribution in [3.63, 3.8) is 0 Å². The van der Waals surface area contributed by atoms with Crippen molar-refractivity contribution in [2.24, 2.45) is 5.41 Å². The molecular formula is C16H27N3S. The number of hydrogen-bond acceptors (Lipinski definition) is 3. The van der Waals surface area contributed by atoms with Crippen LogP contribution in [0.5, 0.6) is 0 Å². The fourth-order valence-electron chi connectivity index (χ4n) is 2.62. The van der Waals surface area contributed by atoms with E-state index in [4.69, 9.17) is 4.98 Å². The molecule has 2 aromatic heterocycles. The van der Waals surface area contributed by atoms with E-state index in [2.05, 4.69) is 62.1 Å². The molecule has 0 aliphatic rings. The third-order valence-corrected chi connectivity index (χ3v) is 4.42. The van der Waals surface area contributed by atoms with Gasteiger partial charge >= 0.3 is 0 Å². The summed E-state index contributed by atoms with van der Waals surface area (Å²) >= 11 is 1.70. The minimum atomic E-state index is 0.170. The first-order valence-corrected chi connectivity index (χ1v) is 8.35. The third-order valence-electron chi connectivity index (χ3n) is 3.65. The molecule has 0 aliphatic carbocycles. The molecule has 0 saturated carbocycles. The SMILES string of the molecule is CCCC(C)(CNC(C)(C)C)Cc1cn2ccsc2n1. The van der Waals surface area contributed by atoms with Crippen LogP contribution in [0, 0.1) is 5.41 Å². The van der Waals surface area contributed by atoms with Gasteiger partial charge < -0.3 is 5.32 Å². The van der Waals surface area contributed by atoms with Gasteiger partial charge in [0.1, 0.15) is 0 Å². The lowest BCUT2D eigenvalue weighted by Gasteiger charge is -2.33. The molecule has 2 heterocycles. The van der Waals surface area contributed by atoms with Crippen molar-refractivity contribution in [1.82, 2.24) is 14.7 Å². The van der Waals surface area contributed by atoms with Gasteiger partial charge in [0.15, 0.2) is 4.96 Å². The number of rotatable bonds is 6. The first-order valence-electron chi connectivity index (χ1n) is 7.47. The molecule has 0 aliphatic heterocycles. The van der Waals surface area contributed by atoms with Gasteiger partial charge in [0.2, 0.25) is 0 Å². The van der Waals surface area contributed by atoms with Crippen molar-refractivity contribution in [2.75, 3.05) is 6.54 Å². The average Bonchev–Trinajstić information content (AvgIpc) is 2.86. The second-order valence-electron chi connectivity index (χ2n) is 7.17. The molecule has 20 heavy (non-hydrogen) atoms. The van der Waals surface area contributed by atoms with Crippen LogP contribution < -0.4 is 5.32 Å². The smallest absolute Gasteiger partial charge is 0.193 e. The summed E-state index contributed by atoms with van der Waals surface area (Å²) in [5, 5.41) is 5.74. The molecule has 0 fully saturated rings. The van der Waals surface area contributed by atoms with Gasteiger partial charge in [0, 0.05) is 29.9 Å². The number of aromatic nitrogens is 2. The van der Waals surface area contributed by atoms with E-state index >= 15 is 0 Å². The van der Waals surface area contributed by atoms with E-state index in [1.54, 1.807) is 11.3 Å². The maximum atomic E-state index is 4.74. The molecule has 3 nitrogen and oxygen atoms in total. The monoisotopic (exact) mass is 293 g/mol. The Morgan fingerprint density at radius 2 is 2.05 bits per heavy atom. The second-order valence-corrected chi connectivity index (χ2v) is 8.04. The van der Waals surface area contributed by atoms with Crippen molar-refractivity contribution in [3.05, 3.63) is 23.5 Å². The van der Waals surface area contributed by atoms with Gasteiger partial charge in [-0.1, -0.05) is 20.3 Å². The quantitative estimate of drug-likeness (QED) is 0.867. The molecule has 4 heteroatoms. The summed E-state index contributed by atoms with van der Waals surface area (Å²) in [6.07, 6.45) is 7.74. The number of fused-ring (bicyclic) bond motifs is 1. The standard InChI is InChI=1S/C16H27N3S/c1-6-7-16(5,12-17-15(2,3)4)10-13-11-19-8-9-20-14(19)18-13/h8-9,11,17H,6-7,10,12H2,1-5H3. The number of imidazole rings is 1. The topological polar surface area (TPSA) is 29.3 Å². The molecule has 0 bridgehead atoms. The molecule has 2 aromatic rings. The van der Waals surface area contributed by atoms with Gasteiger partial charge in [-0.3, -0.25) is 4.40 Å². The molecule has 0 radical (unpaired) electrons. The summed E-state index contributed by atoms with van der Waals surface area (Å²) in [6, 6.07) is 0. The van der Waals surface area contributed by atoms with Gasteiger partial charge in [-0.25, -0.2) is 4.98 Å². The molecule has 2 rings (SSSR count). The zero-order chi connectivity index (χ0) is 14.8. The largest absolute Gasteiger partial charge is 0.312 e. The van der Waals surface area contributed by atoms with E-state index in [1.165, 1.54) is 18.5 Å². The molecule has 0 saturated heterocycles. The molecule has 1 atom stereocenters.